The minimum atomic E-state index is -0.391. The van der Waals surface area contributed by atoms with Gasteiger partial charge in [-0.1, -0.05) is 26.0 Å². The third kappa shape index (κ3) is 4.72. The number of nitrogens with one attached hydrogen (secondary N) is 1. The van der Waals surface area contributed by atoms with E-state index in [0.717, 1.165) is 29.7 Å². The molecule has 0 aliphatic carbocycles. The summed E-state index contributed by atoms with van der Waals surface area (Å²) in [5, 5.41) is 10.2. The molecule has 1 aromatic carbocycles. The van der Waals surface area contributed by atoms with E-state index in [-0.39, 0.29) is 0 Å². The molecule has 21 heavy (non-hydrogen) atoms. The van der Waals surface area contributed by atoms with Crippen LogP contribution in [0.3, 0.4) is 0 Å². The van der Waals surface area contributed by atoms with E-state index in [1.165, 1.54) is 30.0 Å². The van der Waals surface area contributed by atoms with Crippen LogP contribution in [0.5, 0.6) is 5.75 Å². The van der Waals surface area contributed by atoms with Crippen LogP contribution in [0.2, 0.25) is 0 Å². The predicted octanol–water partition coefficient (Wildman–Crippen LogP) is 1.60. The molecule has 0 bridgehead atoms. The molecular formula is C18H30NO2+. The highest BCUT2D eigenvalue weighted by atomic mass is 16.5. The maximum absolute atomic E-state index is 10.2. The monoisotopic (exact) mass is 292 g/mol. The van der Waals surface area contributed by atoms with E-state index in [1.54, 1.807) is 0 Å². The predicted molar refractivity (Wildman–Crippen MR) is 85.9 cm³/mol. The molecule has 2 N–H and O–H groups in total. The highest BCUT2D eigenvalue weighted by molar-refractivity contribution is 5.38. The lowest BCUT2D eigenvalue weighted by Crippen LogP contribution is -3.15. The summed E-state index contributed by atoms with van der Waals surface area (Å²) in [4.78, 5) is 1.51. The van der Waals surface area contributed by atoms with Gasteiger partial charge in [0.2, 0.25) is 0 Å². The second-order valence-electron chi connectivity index (χ2n) is 6.97. The van der Waals surface area contributed by atoms with Crippen molar-refractivity contribution in [1.82, 2.24) is 0 Å². The highest BCUT2D eigenvalue weighted by Gasteiger charge is 2.26. The van der Waals surface area contributed by atoms with E-state index in [2.05, 4.69) is 33.8 Å². The Balaban J connectivity index is 1.82. The maximum Gasteiger partial charge on any atom is 0.137 e. The van der Waals surface area contributed by atoms with Crippen molar-refractivity contribution in [2.45, 2.75) is 40.2 Å². The molecule has 1 fully saturated rings. The van der Waals surface area contributed by atoms with Gasteiger partial charge in [0.05, 0.1) is 13.1 Å². The Kier molecular flexibility index (Phi) is 5.65. The van der Waals surface area contributed by atoms with E-state index in [9.17, 15) is 5.11 Å². The van der Waals surface area contributed by atoms with Crippen LogP contribution in [-0.2, 0) is 0 Å². The van der Waals surface area contributed by atoms with Crippen molar-refractivity contribution >= 4 is 0 Å². The van der Waals surface area contributed by atoms with Crippen LogP contribution in [0.25, 0.3) is 0 Å². The van der Waals surface area contributed by atoms with Crippen LogP contribution < -0.4 is 9.64 Å². The normalized spacial score (nSPS) is 27.4. The van der Waals surface area contributed by atoms with Crippen LogP contribution >= 0.6 is 0 Å². The molecule has 0 saturated carbocycles. The van der Waals surface area contributed by atoms with Gasteiger partial charge >= 0.3 is 0 Å². The Morgan fingerprint density at radius 1 is 1.24 bits per heavy atom. The zero-order valence-corrected chi connectivity index (χ0v) is 13.9. The first kappa shape index (κ1) is 16.3. The van der Waals surface area contributed by atoms with Crippen LogP contribution in [0.4, 0.5) is 0 Å². The summed E-state index contributed by atoms with van der Waals surface area (Å²) in [5.41, 5.74) is 2.39. The third-order valence-corrected chi connectivity index (χ3v) is 4.59. The summed E-state index contributed by atoms with van der Waals surface area (Å²) >= 11 is 0. The van der Waals surface area contributed by atoms with Crippen molar-refractivity contribution in [3.63, 3.8) is 0 Å². The van der Waals surface area contributed by atoms with E-state index in [0.29, 0.717) is 6.61 Å². The van der Waals surface area contributed by atoms with E-state index in [1.807, 2.05) is 12.1 Å². The zero-order valence-electron chi connectivity index (χ0n) is 13.9. The van der Waals surface area contributed by atoms with Crippen molar-refractivity contribution < 1.29 is 14.7 Å². The molecule has 1 heterocycles. The summed E-state index contributed by atoms with van der Waals surface area (Å²) in [6.07, 6.45) is 0.927. The van der Waals surface area contributed by atoms with E-state index < -0.39 is 6.10 Å². The van der Waals surface area contributed by atoms with Crippen LogP contribution in [0.1, 0.15) is 31.4 Å². The lowest BCUT2D eigenvalue weighted by molar-refractivity contribution is -0.915. The number of aliphatic hydroxyl groups is 1. The number of benzene rings is 1. The topological polar surface area (TPSA) is 33.9 Å². The van der Waals surface area contributed by atoms with Crippen LogP contribution in [0.15, 0.2) is 18.2 Å². The zero-order chi connectivity index (χ0) is 15.4. The highest BCUT2D eigenvalue weighted by Crippen LogP contribution is 2.20. The smallest absolute Gasteiger partial charge is 0.137 e. The third-order valence-electron chi connectivity index (χ3n) is 4.59. The fraction of sp³-hybridized carbons (Fsp3) is 0.667. The van der Waals surface area contributed by atoms with Gasteiger partial charge < -0.3 is 14.7 Å². The van der Waals surface area contributed by atoms with Crippen LogP contribution in [-0.4, -0.2) is 37.5 Å². The lowest BCUT2D eigenvalue weighted by Gasteiger charge is -2.33. The Morgan fingerprint density at radius 3 is 2.57 bits per heavy atom. The summed E-state index contributed by atoms with van der Waals surface area (Å²) < 4.78 is 5.81. The van der Waals surface area contributed by atoms with Crippen molar-refractivity contribution in [3.05, 3.63) is 29.3 Å². The van der Waals surface area contributed by atoms with Crippen molar-refractivity contribution in [3.8, 4) is 5.75 Å². The quantitative estimate of drug-likeness (QED) is 0.864. The molecule has 0 radical (unpaired) electrons. The molecule has 0 spiro atoms. The maximum atomic E-state index is 10.2. The molecule has 2 rings (SSSR count). The van der Waals surface area contributed by atoms with Gasteiger partial charge in [-0.05, 0) is 37.5 Å². The number of likely N-dealkylation sites (tertiary alicyclic amines) is 1. The molecule has 1 aliphatic heterocycles. The molecule has 0 amide bonds. The Hall–Kier alpha value is -1.06. The number of aryl methyl sites for hydroxylation is 1. The number of aliphatic hydroxyl groups excluding tert-OH is 1. The van der Waals surface area contributed by atoms with Crippen LogP contribution in [0, 0.1) is 25.7 Å². The van der Waals surface area contributed by atoms with Gasteiger partial charge in [0.25, 0.3) is 0 Å². The molecule has 0 aromatic heterocycles. The van der Waals surface area contributed by atoms with E-state index in [4.69, 9.17) is 4.74 Å². The summed E-state index contributed by atoms with van der Waals surface area (Å²) in [6, 6.07) is 6.07. The Morgan fingerprint density at radius 2 is 1.90 bits per heavy atom. The number of hydrogen-bond acceptors (Lipinski definition) is 2. The van der Waals surface area contributed by atoms with Gasteiger partial charge in [-0.15, -0.1) is 0 Å². The van der Waals surface area contributed by atoms with Gasteiger partial charge in [0, 0.05) is 11.8 Å². The first-order valence-corrected chi connectivity index (χ1v) is 8.16. The second kappa shape index (κ2) is 7.28. The number of rotatable bonds is 5. The molecule has 0 unspecified atom stereocenters. The SMILES string of the molecule is Cc1cccc(OC[C@H](O)C[NH+]2C[C@@H](C)C[C@H](C)C2)c1C. The van der Waals surface area contributed by atoms with E-state index >= 15 is 0 Å². The first-order valence-electron chi connectivity index (χ1n) is 8.16. The summed E-state index contributed by atoms with van der Waals surface area (Å²) in [5.74, 6) is 2.41. The first-order chi connectivity index (χ1) is 9.95. The molecule has 3 atom stereocenters. The van der Waals surface area contributed by atoms with Crippen molar-refractivity contribution in [2.75, 3.05) is 26.2 Å². The molecule has 1 aliphatic rings. The van der Waals surface area contributed by atoms with Gasteiger partial charge in [-0.25, -0.2) is 0 Å². The largest absolute Gasteiger partial charge is 0.490 e. The summed E-state index contributed by atoms with van der Waals surface area (Å²) in [6.45, 7) is 12.3. The fourth-order valence-corrected chi connectivity index (χ4v) is 3.55. The number of quaternary nitrogens is 1. The molecule has 118 valence electrons. The average Bonchev–Trinajstić information content (AvgIpc) is 2.39. The number of ether oxygens (including phenoxy) is 1. The molecular weight excluding hydrogens is 262 g/mol. The Bertz CT molecular complexity index is 451. The number of piperidine rings is 1. The minimum Gasteiger partial charge on any atom is -0.490 e. The van der Waals surface area contributed by atoms with Gasteiger partial charge in [0.1, 0.15) is 25.0 Å². The van der Waals surface area contributed by atoms with Gasteiger partial charge in [-0.2, -0.15) is 0 Å². The van der Waals surface area contributed by atoms with Gasteiger partial charge in [0.15, 0.2) is 0 Å². The molecule has 3 heteroatoms. The average molecular weight is 292 g/mol. The lowest BCUT2D eigenvalue weighted by atomic mass is 9.92. The molecule has 1 aromatic rings. The fourth-order valence-electron chi connectivity index (χ4n) is 3.55. The molecule has 1 saturated heterocycles. The van der Waals surface area contributed by atoms with Crippen molar-refractivity contribution in [1.29, 1.82) is 0 Å². The standard InChI is InChI=1S/C18H29NO2/c1-13-8-14(2)10-19(9-13)11-17(20)12-21-18-7-5-6-15(3)16(18)4/h5-7,13-14,17,20H,8-12H2,1-4H3/p+1/t13-,14-,17+/m0/s1. The van der Waals surface area contributed by atoms with Gasteiger partial charge in [-0.3, -0.25) is 0 Å². The number of hydrogen-bond donors (Lipinski definition) is 2. The Labute approximate surface area is 128 Å². The minimum absolute atomic E-state index is 0.385. The summed E-state index contributed by atoms with van der Waals surface area (Å²) in [7, 11) is 0. The second-order valence-corrected chi connectivity index (χ2v) is 6.97. The molecule has 3 nitrogen and oxygen atoms in total. The van der Waals surface area contributed by atoms with Crippen molar-refractivity contribution in [2.24, 2.45) is 11.8 Å².